The lowest BCUT2D eigenvalue weighted by atomic mass is 9.95. The highest BCUT2D eigenvalue weighted by atomic mass is 32.2. The van der Waals surface area contributed by atoms with Crippen LogP contribution < -0.4 is 5.32 Å². The number of rotatable bonds is 3. The van der Waals surface area contributed by atoms with Crippen LogP contribution in [0.1, 0.15) is 58.5 Å². The zero-order valence-electron chi connectivity index (χ0n) is 17.0. The van der Waals surface area contributed by atoms with E-state index in [2.05, 4.69) is 48.0 Å². The van der Waals surface area contributed by atoms with Crippen LogP contribution in [0.3, 0.4) is 0 Å². The molecule has 0 saturated heterocycles. The lowest BCUT2D eigenvalue weighted by molar-refractivity contribution is 0.0927. The molecule has 1 N–H and O–H groups in total. The molecule has 2 heterocycles. The number of hydrogen-bond acceptors (Lipinski definition) is 4. The van der Waals surface area contributed by atoms with Crippen LogP contribution >= 0.6 is 23.1 Å². The van der Waals surface area contributed by atoms with Crippen LogP contribution in [0.15, 0.2) is 68.7 Å². The van der Waals surface area contributed by atoms with E-state index >= 15 is 0 Å². The highest BCUT2D eigenvalue weighted by Gasteiger charge is 2.22. The molecule has 3 nitrogen and oxygen atoms in total. The Labute approximate surface area is 185 Å². The molecule has 1 aliphatic heterocycles. The molecule has 2 aromatic carbocycles. The summed E-state index contributed by atoms with van der Waals surface area (Å²) < 4.78 is 0. The Morgan fingerprint density at radius 1 is 1.03 bits per heavy atom. The molecule has 0 atom stereocenters. The SMILES string of the molecule is Cc1ccsc1C1=Nc2cc(C(=O)NC3CCCCC3)ccc2Sc2ccccc21. The summed E-state index contributed by atoms with van der Waals surface area (Å²) in [5.41, 5.74) is 4.94. The van der Waals surface area contributed by atoms with E-state index in [0.717, 1.165) is 34.7 Å². The van der Waals surface area contributed by atoms with Gasteiger partial charge in [0.1, 0.15) is 0 Å². The number of benzene rings is 2. The Balaban J connectivity index is 1.54. The largest absolute Gasteiger partial charge is 0.349 e. The zero-order chi connectivity index (χ0) is 20.5. The molecule has 0 bridgehead atoms. The van der Waals surface area contributed by atoms with Gasteiger partial charge in [0, 0.05) is 27.0 Å². The topological polar surface area (TPSA) is 41.5 Å². The van der Waals surface area contributed by atoms with Gasteiger partial charge in [0.25, 0.3) is 5.91 Å². The van der Waals surface area contributed by atoms with Crippen LogP contribution in [-0.4, -0.2) is 17.7 Å². The number of aryl methyl sites for hydroxylation is 1. The van der Waals surface area contributed by atoms with Gasteiger partial charge in [-0.05, 0) is 61.0 Å². The summed E-state index contributed by atoms with van der Waals surface area (Å²) in [5, 5.41) is 5.34. The van der Waals surface area contributed by atoms with Crippen LogP contribution in [0.4, 0.5) is 5.69 Å². The predicted molar refractivity (Wildman–Crippen MR) is 126 cm³/mol. The molecule has 1 aromatic heterocycles. The second kappa shape index (κ2) is 8.40. The van der Waals surface area contributed by atoms with E-state index in [-0.39, 0.29) is 5.91 Å². The number of amides is 1. The first-order valence-corrected chi connectivity index (χ1v) is 12.2. The summed E-state index contributed by atoms with van der Waals surface area (Å²) >= 11 is 3.44. The van der Waals surface area contributed by atoms with Crippen molar-refractivity contribution in [1.29, 1.82) is 0 Å². The number of carbonyl (C=O) groups is 1. The maximum atomic E-state index is 12.9. The number of nitrogens with zero attached hydrogens (tertiary/aromatic N) is 1. The third-order valence-corrected chi connectivity index (χ3v) is 8.00. The van der Waals surface area contributed by atoms with Crippen LogP contribution in [0.25, 0.3) is 0 Å². The van der Waals surface area contributed by atoms with Gasteiger partial charge in [-0.25, -0.2) is 4.99 Å². The van der Waals surface area contributed by atoms with Gasteiger partial charge in [0.15, 0.2) is 0 Å². The van der Waals surface area contributed by atoms with Crippen molar-refractivity contribution in [3.63, 3.8) is 0 Å². The van der Waals surface area contributed by atoms with Crippen molar-refractivity contribution in [3.05, 3.63) is 75.5 Å². The monoisotopic (exact) mass is 432 g/mol. The first-order valence-electron chi connectivity index (χ1n) is 10.5. The quantitative estimate of drug-likeness (QED) is 0.389. The first kappa shape index (κ1) is 19.6. The van der Waals surface area contributed by atoms with Crippen molar-refractivity contribution in [2.75, 3.05) is 0 Å². The minimum atomic E-state index is 0.0144. The van der Waals surface area contributed by atoms with Gasteiger partial charge in [0.05, 0.1) is 16.3 Å². The summed E-state index contributed by atoms with van der Waals surface area (Å²) in [6.07, 6.45) is 5.86. The highest BCUT2D eigenvalue weighted by molar-refractivity contribution is 7.99. The van der Waals surface area contributed by atoms with Crippen molar-refractivity contribution < 1.29 is 4.79 Å². The summed E-state index contributed by atoms with van der Waals surface area (Å²) in [4.78, 5) is 21.5. The fraction of sp³-hybridized carbons (Fsp3) is 0.280. The van der Waals surface area contributed by atoms with E-state index in [1.165, 1.54) is 34.6 Å². The van der Waals surface area contributed by atoms with Crippen LogP contribution in [0.2, 0.25) is 0 Å². The molecule has 5 heteroatoms. The van der Waals surface area contributed by atoms with Crippen molar-refractivity contribution >= 4 is 40.4 Å². The van der Waals surface area contributed by atoms with Gasteiger partial charge in [-0.3, -0.25) is 4.79 Å². The summed E-state index contributed by atoms with van der Waals surface area (Å²) in [5.74, 6) is 0.0144. The first-order chi connectivity index (χ1) is 14.7. The molecule has 1 saturated carbocycles. The number of aliphatic imine (C=N–C) groups is 1. The van der Waals surface area contributed by atoms with Crippen molar-refractivity contribution in [2.45, 2.75) is 54.9 Å². The number of thiophene rings is 1. The second-order valence-corrected chi connectivity index (χ2v) is 9.98. The van der Waals surface area contributed by atoms with Gasteiger partial charge in [-0.15, -0.1) is 11.3 Å². The number of nitrogens with one attached hydrogen (secondary N) is 1. The van der Waals surface area contributed by atoms with Crippen LogP contribution in [0, 0.1) is 6.92 Å². The molecule has 0 radical (unpaired) electrons. The molecular formula is C25H24N2OS2. The minimum Gasteiger partial charge on any atom is -0.349 e. The van der Waals surface area contributed by atoms with E-state index in [1.54, 1.807) is 23.1 Å². The van der Waals surface area contributed by atoms with E-state index in [9.17, 15) is 4.79 Å². The fourth-order valence-corrected chi connectivity index (χ4v) is 6.12. The van der Waals surface area contributed by atoms with Gasteiger partial charge in [-0.1, -0.05) is 49.2 Å². The van der Waals surface area contributed by atoms with Gasteiger partial charge >= 0.3 is 0 Å². The van der Waals surface area contributed by atoms with Gasteiger partial charge in [-0.2, -0.15) is 0 Å². The van der Waals surface area contributed by atoms with E-state index in [1.807, 2.05) is 18.2 Å². The minimum absolute atomic E-state index is 0.0144. The Hall–Kier alpha value is -2.37. The van der Waals surface area contributed by atoms with Gasteiger partial charge < -0.3 is 5.32 Å². The fourth-order valence-electron chi connectivity index (χ4n) is 4.19. The normalized spacial score (nSPS) is 16.2. The molecule has 1 amide bonds. The number of hydrogen-bond donors (Lipinski definition) is 1. The molecule has 152 valence electrons. The average Bonchev–Trinajstić information content (AvgIpc) is 3.12. The zero-order valence-corrected chi connectivity index (χ0v) is 18.6. The van der Waals surface area contributed by atoms with E-state index in [0.29, 0.717) is 11.6 Å². The van der Waals surface area contributed by atoms with E-state index < -0.39 is 0 Å². The van der Waals surface area contributed by atoms with Crippen molar-refractivity contribution in [1.82, 2.24) is 5.32 Å². The molecule has 3 aromatic rings. The second-order valence-electron chi connectivity index (χ2n) is 7.98. The molecule has 0 unspecified atom stereocenters. The molecule has 5 rings (SSSR count). The van der Waals surface area contributed by atoms with Crippen LogP contribution in [0.5, 0.6) is 0 Å². The van der Waals surface area contributed by atoms with E-state index in [4.69, 9.17) is 4.99 Å². The summed E-state index contributed by atoms with van der Waals surface area (Å²) in [6.45, 7) is 2.13. The van der Waals surface area contributed by atoms with Gasteiger partial charge in [0.2, 0.25) is 0 Å². The standard InChI is InChI=1S/C25H24N2OS2/c1-16-13-14-29-24(16)23-19-9-5-6-10-21(19)30-22-12-11-17(15-20(22)27-23)25(28)26-18-7-3-2-4-8-18/h5-6,9-15,18H,2-4,7-8H2,1H3,(H,26,28). The smallest absolute Gasteiger partial charge is 0.251 e. The molecule has 0 spiro atoms. The lowest BCUT2D eigenvalue weighted by Gasteiger charge is -2.22. The van der Waals surface area contributed by atoms with Crippen molar-refractivity contribution in [3.8, 4) is 0 Å². The average molecular weight is 433 g/mol. The maximum absolute atomic E-state index is 12.9. The number of carbonyl (C=O) groups excluding carboxylic acids is 1. The third-order valence-electron chi connectivity index (χ3n) is 5.83. The Bertz CT molecular complexity index is 1130. The van der Waals surface area contributed by atoms with Crippen LogP contribution in [-0.2, 0) is 0 Å². The number of fused-ring (bicyclic) bond motifs is 2. The molecule has 1 fully saturated rings. The Morgan fingerprint density at radius 2 is 1.87 bits per heavy atom. The molecular weight excluding hydrogens is 408 g/mol. The Kier molecular flexibility index (Phi) is 5.48. The maximum Gasteiger partial charge on any atom is 0.251 e. The lowest BCUT2D eigenvalue weighted by Crippen LogP contribution is -2.36. The Morgan fingerprint density at radius 3 is 2.67 bits per heavy atom. The highest BCUT2D eigenvalue weighted by Crippen LogP contribution is 2.42. The third kappa shape index (κ3) is 3.84. The molecule has 30 heavy (non-hydrogen) atoms. The predicted octanol–water partition coefficient (Wildman–Crippen LogP) is 6.75. The summed E-state index contributed by atoms with van der Waals surface area (Å²) in [7, 11) is 0. The van der Waals surface area contributed by atoms with Crippen molar-refractivity contribution in [2.24, 2.45) is 4.99 Å². The summed E-state index contributed by atoms with van der Waals surface area (Å²) in [6, 6.07) is 16.8. The molecule has 1 aliphatic carbocycles. The molecule has 2 aliphatic rings.